The summed E-state index contributed by atoms with van der Waals surface area (Å²) in [5, 5.41) is 0. The number of rotatable bonds is 1. The van der Waals surface area contributed by atoms with E-state index in [-0.39, 0.29) is 0 Å². The molecule has 1 rings (SSSR count). The van der Waals surface area contributed by atoms with E-state index >= 15 is 0 Å². The van der Waals surface area contributed by atoms with Crippen molar-refractivity contribution in [3.8, 4) is 0 Å². The van der Waals surface area contributed by atoms with Crippen molar-refractivity contribution < 1.29 is 0 Å². The molecule has 2 unspecified atom stereocenters. The van der Waals surface area contributed by atoms with Gasteiger partial charge in [0.15, 0.2) is 0 Å². The molecule has 1 aliphatic carbocycles. The van der Waals surface area contributed by atoms with Gasteiger partial charge in [0.1, 0.15) is 0 Å². The topological polar surface area (TPSA) is 26.0 Å². The minimum atomic E-state index is 0.811. The maximum atomic E-state index is 5.86. The van der Waals surface area contributed by atoms with E-state index in [1.807, 2.05) is 0 Å². The molecule has 0 aliphatic heterocycles. The van der Waals surface area contributed by atoms with Crippen molar-refractivity contribution in [1.29, 1.82) is 0 Å². The molecular weight excluding hydrogens is 206 g/mol. The molecule has 3 atom stereocenters. The highest BCUT2D eigenvalue weighted by Crippen LogP contribution is 2.26. The van der Waals surface area contributed by atoms with Gasteiger partial charge in [-0.3, -0.25) is 0 Å². The molecule has 0 aromatic heterocycles. The predicted molar refractivity (Wildman–Crippen MR) is 77.0 cm³/mol. The van der Waals surface area contributed by atoms with Crippen LogP contribution < -0.4 is 5.73 Å². The summed E-state index contributed by atoms with van der Waals surface area (Å²) in [6, 6.07) is 0. The van der Waals surface area contributed by atoms with Gasteiger partial charge in [-0.15, -0.1) is 0 Å². The zero-order valence-electron chi connectivity index (χ0n) is 12.1. The maximum Gasteiger partial charge on any atom is -0.00489 e. The van der Waals surface area contributed by atoms with Gasteiger partial charge in [-0.05, 0) is 37.1 Å². The van der Waals surface area contributed by atoms with Crippen LogP contribution in [0.4, 0.5) is 0 Å². The second-order valence-electron chi connectivity index (χ2n) is 6.33. The fourth-order valence-corrected chi connectivity index (χ4v) is 3.10. The summed E-state index contributed by atoms with van der Waals surface area (Å²) in [7, 11) is 0. The molecule has 17 heavy (non-hydrogen) atoms. The third kappa shape index (κ3) is 6.45. The second kappa shape index (κ2) is 8.97. The molecule has 102 valence electrons. The Kier molecular flexibility index (Phi) is 7.92. The van der Waals surface area contributed by atoms with Gasteiger partial charge in [-0.2, -0.15) is 0 Å². The van der Waals surface area contributed by atoms with Crippen molar-refractivity contribution in [2.75, 3.05) is 6.54 Å². The van der Waals surface area contributed by atoms with Crippen molar-refractivity contribution in [3.63, 3.8) is 0 Å². The minimum absolute atomic E-state index is 0.811. The number of hydrogen-bond acceptors (Lipinski definition) is 1. The van der Waals surface area contributed by atoms with E-state index in [0.29, 0.717) is 0 Å². The summed E-state index contributed by atoms with van der Waals surface area (Å²) >= 11 is 0. The predicted octanol–water partition coefficient (Wildman–Crippen LogP) is 4.75. The third-order valence-electron chi connectivity index (χ3n) is 4.85. The van der Waals surface area contributed by atoms with Gasteiger partial charge >= 0.3 is 0 Å². The van der Waals surface area contributed by atoms with Crippen molar-refractivity contribution in [2.24, 2.45) is 23.5 Å². The molecule has 0 amide bonds. The summed E-state index contributed by atoms with van der Waals surface area (Å²) in [6.07, 6.45) is 14.2. The van der Waals surface area contributed by atoms with Crippen LogP contribution in [0.5, 0.6) is 0 Å². The molecule has 0 aromatic rings. The highest BCUT2D eigenvalue weighted by Gasteiger charge is 2.13. The van der Waals surface area contributed by atoms with Crippen LogP contribution in [0.2, 0.25) is 0 Å². The van der Waals surface area contributed by atoms with E-state index in [0.717, 1.165) is 24.3 Å². The van der Waals surface area contributed by atoms with Crippen LogP contribution in [-0.2, 0) is 0 Å². The van der Waals surface area contributed by atoms with Crippen molar-refractivity contribution in [2.45, 2.75) is 78.1 Å². The molecule has 0 radical (unpaired) electrons. The SMILES string of the molecule is CC1CCCCCC(CN)CCCCC[C@@H]1C. The maximum absolute atomic E-state index is 5.86. The van der Waals surface area contributed by atoms with Crippen molar-refractivity contribution in [3.05, 3.63) is 0 Å². The molecule has 2 N–H and O–H groups in total. The molecule has 0 spiro atoms. The summed E-state index contributed by atoms with van der Waals surface area (Å²) < 4.78 is 0. The van der Waals surface area contributed by atoms with Gasteiger partial charge in [0.05, 0.1) is 0 Å². The first-order chi connectivity index (χ1) is 8.24. The normalized spacial score (nSPS) is 34.4. The highest BCUT2D eigenvalue weighted by atomic mass is 14.5. The Balaban J connectivity index is 2.34. The lowest BCUT2D eigenvalue weighted by molar-refractivity contribution is 0.324. The average Bonchev–Trinajstić information content (AvgIpc) is 2.35. The molecule has 1 fully saturated rings. The molecule has 0 bridgehead atoms. The van der Waals surface area contributed by atoms with Crippen LogP contribution in [0.15, 0.2) is 0 Å². The Labute approximate surface area is 109 Å². The Hall–Kier alpha value is -0.0400. The van der Waals surface area contributed by atoms with Crippen molar-refractivity contribution in [1.82, 2.24) is 0 Å². The fraction of sp³-hybridized carbons (Fsp3) is 1.00. The first kappa shape index (κ1) is 15.0. The second-order valence-corrected chi connectivity index (χ2v) is 6.33. The molecule has 1 nitrogen and oxygen atoms in total. The number of hydrogen-bond donors (Lipinski definition) is 1. The zero-order valence-corrected chi connectivity index (χ0v) is 12.1. The summed E-state index contributed by atoms with van der Waals surface area (Å²) in [6.45, 7) is 5.81. The Morgan fingerprint density at radius 1 is 0.706 bits per heavy atom. The molecule has 1 saturated carbocycles. The van der Waals surface area contributed by atoms with Gasteiger partial charge in [0, 0.05) is 0 Å². The lowest BCUT2D eigenvalue weighted by atomic mass is 9.87. The smallest absolute Gasteiger partial charge is 0.00489 e. The van der Waals surface area contributed by atoms with E-state index in [1.54, 1.807) is 0 Å². The van der Waals surface area contributed by atoms with Gasteiger partial charge in [-0.25, -0.2) is 0 Å². The zero-order chi connectivity index (χ0) is 12.5. The van der Waals surface area contributed by atoms with E-state index < -0.39 is 0 Å². The van der Waals surface area contributed by atoms with Gasteiger partial charge in [0.2, 0.25) is 0 Å². The molecular formula is C16H33N. The average molecular weight is 239 g/mol. The van der Waals surface area contributed by atoms with Crippen LogP contribution >= 0.6 is 0 Å². The quantitative estimate of drug-likeness (QED) is 0.702. The van der Waals surface area contributed by atoms with Gasteiger partial charge in [-0.1, -0.05) is 65.2 Å². The first-order valence-electron chi connectivity index (χ1n) is 7.94. The summed E-state index contributed by atoms with van der Waals surface area (Å²) in [5.74, 6) is 2.67. The largest absolute Gasteiger partial charge is 0.330 e. The highest BCUT2D eigenvalue weighted by molar-refractivity contribution is 4.66. The molecule has 1 aliphatic rings. The fourth-order valence-electron chi connectivity index (χ4n) is 3.10. The summed E-state index contributed by atoms with van der Waals surface area (Å²) in [5.41, 5.74) is 5.86. The van der Waals surface area contributed by atoms with Crippen LogP contribution in [0.25, 0.3) is 0 Å². The van der Waals surface area contributed by atoms with Crippen LogP contribution in [0.1, 0.15) is 78.1 Å². The molecule has 1 heteroatoms. The Bertz CT molecular complexity index is 156. The standard InChI is InChI=1S/C16H33N/c1-14-9-5-3-7-11-16(13-17)12-8-4-6-10-15(14)2/h14-16H,3-13,17H2,1-2H3/t14-,15?,16?/m0/s1. The molecule has 0 aromatic carbocycles. The monoisotopic (exact) mass is 239 g/mol. The van der Waals surface area contributed by atoms with Crippen LogP contribution in [0, 0.1) is 17.8 Å². The lowest BCUT2D eigenvalue weighted by Gasteiger charge is -2.19. The van der Waals surface area contributed by atoms with E-state index in [9.17, 15) is 0 Å². The molecule has 0 saturated heterocycles. The Morgan fingerprint density at radius 2 is 1.12 bits per heavy atom. The van der Waals surface area contributed by atoms with Crippen molar-refractivity contribution >= 4 is 0 Å². The summed E-state index contributed by atoms with van der Waals surface area (Å²) in [4.78, 5) is 0. The van der Waals surface area contributed by atoms with E-state index in [4.69, 9.17) is 5.73 Å². The lowest BCUT2D eigenvalue weighted by Crippen LogP contribution is -2.14. The third-order valence-corrected chi connectivity index (χ3v) is 4.85. The first-order valence-corrected chi connectivity index (χ1v) is 7.94. The molecule has 0 heterocycles. The van der Waals surface area contributed by atoms with Crippen LogP contribution in [-0.4, -0.2) is 6.54 Å². The number of nitrogens with two attached hydrogens (primary N) is 1. The Morgan fingerprint density at radius 3 is 1.53 bits per heavy atom. The van der Waals surface area contributed by atoms with Gasteiger partial charge < -0.3 is 5.73 Å². The van der Waals surface area contributed by atoms with E-state index in [1.165, 1.54) is 64.2 Å². The van der Waals surface area contributed by atoms with Gasteiger partial charge in [0.25, 0.3) is 0 Å². The van der Waals surface area contributed by atoms with E-state index in [2.05, 4.69) is 13.8 Å². The minimum Gasteiger partial charge on any atom is -0.330 e. The van der Waals surface area contributed by atoms with Crippen LogP contribution in [0.3, 0.4) is 0 Å².